The molecule has 0 spiro atoms. The van der Waals surface area contributed by atoms with Gasteiger partial charge in [0.2, 0.25) is 0 Å². The molecule has 0 bridgehead atoms. The first-order valence-electron chi connectivity index (χ1n) is 6.64. The van der Waals surface area contributed by atoms with Gasteiger partial charge in [-0.25, -0.2) is 0 Å². The minimum Gasteiger partial charge on any atom is -0.496 e. The normalized spacial score (nSPS) is 12.2. The molecule has 2 aromatic carbocycles. The minimum atomic E-state index is 0.0739. The Kier molecular flexibility index (Phi) is 4.58. The molecule has 19 heavy (non-hydrogen) atoms. The molecule has 1 atom stereocenters. The van der Waals surface area contributed by atoms with Gasteiger partial charge in [0, 0.05) is 6.04 Å². The number of benzene rings is 2. The van der Waals surface area contributed by atoms with Gasteiger partial charge in [0.15, 0.2) is 0 Å². The van der Waals surface area contributed by atoms with Gasteiger partial charge in [-0.05, 0) is 42.5 Å². The van der Waals surface area contributed by atoms with Crippen LogP contribution in [0.2, 0.25) is 0 Å². The van der Waals surface area contributed by atoms with E-state index in [0.29, 0.717) is 0 Å². The zero-order valence-electron chi connectivity index (χ0n) is 11.6. The molecule has 0 aliphatic heterocycles. The van der Waals surface area contributed by atoms with Crippen molar-refractivity contribution >= 4 is 0 Å². The number of methoxy groups -OCH3 is 1. The Morgan fingerprint density at radius 2 is 1.84 bits per heavy atom. The molecule has 1 unspecified atom stereocenters. The average molecular weight is 255 g/mol. The van der Waals surface area contributed by atoms with Gasteiger partial charge in [0.1, 0.15) is 5.75 Å². The summed E-state index contributed by atoms with van der Waals surface area (Å²) >= 11 is 0. The second kappa shape index (κ2) is 6.39. The highest BCUT2D eigenvalue weighted by Gasteiger charge is 2.08. The fourth-order valence-electron chi connectivity index (χ4n) is 2.27. The topological polar surface area (TPSA) is 35.2 Å². The Labute approximate surface area is 115 Å². The van der Waals surface area contributed by atoms with Crippen LogP contribution in [-0.4, -0.2) is 7.11 Å². The molecule has 2 aromatic rings. The largest absolute Gasteiger partial charge is 0.496 e. The monoisotopic (exact) mass is 255 g/mol. The second-order valence-corrected chi connectivity index (χ2v) is 4.86. The number of hydrogen-bond donors (Lipinski definition) is 1. The molecule has 0 amide bonds. The fraction of sp³-hybridized carbons (Fsp3) is 0.294. The van der Waals surface area contributed by atoms with Crippen molar-refractivity contribution in [2.45, 2.75) is 25.8 Å². The third kappa shape index (κ3) is 3.58. The number of ether oxygens (including phenoxy) is 1. The molecule has 0 radical (unpaired) electrons. The Balaban J connectivity index is 2.00. The summed E-state index contributed by atoms with van der Waals surface area (Å²) in [7, 11) is 1.69. The van der Waals surface area contributed by atoms with Crippen LogP contribution >= 0.6 is 0 Å². The lowest BCUT2D eigenvalue weighted by Gasteiger charge is -2.14. The van der Waals surface area contributed by atoms with Crippen LogP contribution in [0.5, 0.6) is 5.75 Å². The van der Waals surface area contributed by atoms with Crippen molar-refractivity contribution in [3.05, 3.63) is 65.2 Å². The lowest BCUT2D eigenvalue weighted by atomic mass is 9.98. The second-order valence-electron chi connectivity index (χ2n) is 4.86. The van der Waals surface area contributed by atoms with Crippen molar-refractivity contribution < 1.29 is 4.74 Å². The zero-order valence-corrected chi connectivity index (χ0v) is 11.6. The summed E-state index contributed by atoms with van der Waals surface area (Å²) in [5.74, 6) is 0.916. The van der Waals surface area contributed by atoms with Crippen molar-refractivity contribution in [1.29, 1.82) is 0 Å². The van der Waals surface area contributed by atoms with E-state index in [9.17, 15) is 0 Å². The summed E-state index contributed by atoms with van der Waals surface area (Å²) in [6, 6.07) is 16.7. The molecular weight excluding hydrogens is 234 g/mol. The van der Waals surface area contributed by atoms with E-state index in [2.05, 4.69) is 36.4 Å². The predicted octanol–water partition coefficient (Wildman–Crippen LogP) is 3.64. The molecule has 2 rings (SSSR count). The maximum Gasteiger partial charge on any atom is 0.121 e. The van der Waals surface area contributed by atoms with Gasteiger partial charge in [-0.2, -0.15) is 0 Å². The Morgan fingerprint density at radius 1 is 1.11 bits per heavy atom. The summed E-state index contributed by atoms with van der Waals surface area (Å²) < 4.78 is 5.27. The Bertz CT molecular complexity index is 522. The highest BCUT2D eigenvalue weighted by atomic mass is 16.5. The highest BCUT2D eigenvalue weighted by molar-refractivity contribution is 5.37. The smallest absolute Gasteiger partial charge is 0.121 e. The van der Waals surface area contributed by atoms with Crippen LogP contribution in [0.3, 0.4) is 0 Å². The standard InChI is InChI=1S/C17H21NO/c1-13-12-15(9-11-17(13)19-2)16(18)10-8-14-6-4-3-5-7-14/h3-7,9,11-12,16H,8,10,18H2,1-2H3. The number of aryl methyl sites for hydroxylation is 2. The van der Waals surface area contributed by atoms with E-state index in [0.717, 1.165) is 24.2 Å². The van der Waals surface area contributed by atoms with Crippen LogP contribution < -0.4 is 10.5 Å². The van der Waals surface area contributed by atoms with Crippen LogP contribution in [0.15, 0.2) is 48.5 Å². The lowest BCUT2D eigenvalue weighted by molar-refractivity contribution is 0.411. The zero-order chi connectivity index (χ0) is 13.7. The molecule has 0 fully saturated rings. The van der Waals surface area contributed by atoms with Gasteiger partial charge in [0.05, 0.1) is 7.11 Å². The molecular formula is C17H21NO. The molecule has 0 aliphatic carbocycles. The molecule has 0 aliphatic rings. The number of nitrogens with two attached hydrogens (primary N) is 1. The van der Waals surface area contributed by atoms with E-state index in [4.69, 9.17) is 10.5 Å². The van der Waals surface area contributed by atoms with Crippen molar-refractivity contribution in [2.24, 2.45) is 5.73 Å². The van der Waals surface area contributed by atoms with Crippen molar-refractivity contribution in [2.75, 3.05) is 7.11 Å². The van der Waals surface area contributed by atoms with E-state index in [-0.39, 0.29) is 6.04 Å². The summed E-state index contributed by atoms with van der Waals surface area (Å²) in [5, 5.41) is 0. The maximum absolute atomic E-state index is 6.26. The fourth-order valence-corrected chi connectivity index (χ4v) is 2.27. The molecule has 2 nitrogen and oxygen atoms in total. The van der Waals surface area contributed by atoms with Crippen LogP contribution in [0.4, 0.5) is 0 Å². The molecule has 2 N–H and O–H groups in total. The SMILES string of the molecule is COc1ccc(C(N)CCc2ccccc2)cc1C. The van der Waals surface area contributed by atoms with E-state index < -0.39 is 0 Å². The molecule has 0 heterocycles. The van der Waals surface area contributed by atoms with E-state index in [1.54, 1.807) is 7.11 Å². The van der Waals surface area contributed by atoms with Crippen LogP contribution in [0.1, 0.15) is 29.2 Å². The van der Waals surface area contributed by atoms with E-state index in [1.165, 1.54) is 11.1 Å². The first-order valence-corrected chi connectivity index (χ1v) is 6.64. The van der Waals surface area contributed by atoms with E-state index in [1.807, 2.05) is 19.1 Å². The van der Waals surface area contributed by atoms with Crippen LogP contribution in [0, 0.1) is 6.92 Å². The van der Waals surface area contributed by atoms with Crippen molar-refractivity contribution in [3.8, 4) is 5.75 Å². The highest BCUT2D eigenvalue weighted by Crippen LogP contribution is 2.23. The first kappa shape index (κ1) is 13.6. The van der Waals surface area contributed by atoms with Crippen molar-refractivity contribution in [3.63, 3.8) is 0 Å². The number of hydrogen-bond acceptors (Lipinski definition) is 2. The van der Waals surface area contributed by atoms with Gasteiger partial charge in [-0.3, -0.25) is 0 Å². The Morgan fingerprint density at radius 3 is 2.47 bits per heavy atom. The molecule has 0 aromatic heterocycles. The van der Waals surface area contributed by atoms with Crippen LogP contribution in [-0.2, 0) is 6.42 Å². The third-order valence-corrected chi connectivity index (χ3v) is 3.43. The van der Waals surface area contributed by atoms with Crippen molar-refractivity contribution in [1.82, 2.24) is 0 Å². The number of rotatable bonds is 5. The minimum absolute atomic E-state index is 0.0739. The summed E-state index contributed by atoms with van der Waals surface area (Å²) in [6.07, 6.45) is 1.96. The van der Waals surface area contributed by atoms with E-state index >= 15 is 0 Å². The van der Waals surface area contributed by atoms with Gasteiger partial charge < -0.3 is 10.5 Å². The molecule has 2 heteroatoms. The lowest BCUT2D eigenvalue weighted by Crippen LogP contribution is -2.11. The quantitative estimate of drug-likeness (QED) is 0.885. The summed E-state index contributed by atoms with van der Waals surface area (Å²) in [6.45, 7) is 2.05. The maximum atomic E-state index is 6.26. The predicted molar refractivity (Wildman–Crippen MR) is 79.4 cm³/mol. The summed E-state index contributed by atoms with van der Waals surface area (Å²) in [5.41, 5.74) is 9.91. The molecule has 0 saturated carbocycles. The molecule has 0 saturated heterocycles. The average Bonchev–Trinajstić information content (AvgIpc) is 2.45. The third-order valence-electron chi connectivity index (χ3n) is 3.43. The Hall–Kier alpha value is -1.80. The summed E-state index contributed by atoms with van der Waals surface area (Å²) in [4.78, 5) is 0. The van der Waals surface area contributed by atoms with Gasteiger partial charge in [-0.15, -0.1) is 0 Å². The van der Waals surface area contributed by atoms with Gasteiger partial charge in [-0.1, -0.05) is 42.5 Å². The first-order chi connectivity index (χ1) is 9.20. The van der Waals surface area contributed by atoms with Gasteiger partial charge >= 0.3 is 0 Å². The van der Waals surface area contributed by atoms with Gasteiger partial charge in [0.25, 0.3) is 0 Å². The molecule has 100 valence electrons. The van der Waals surface area contributed by atoms with Crippen LogP contribution in [0.25, 0.3) is 0 Å².